The summed E-state index contributed by atoms with van der Waals surface area (Å²) in [6, 6.07) is 13.3. The number of aryl methyl sites for hydroxylation is 1. The normalized spacial score (nSPS) is 17.3. The van der Waals surface area contributed by atoms with Crippen LogP contribution in [0.25, 0.3) is 0 Å². The van der Waals surface area contributed by atoms with Gasteiger partial charge < -0.3 is 10.0 Å². The van der Waals surface area contributed by atoms with Gasteiger partial charge in [-0.3, -0.25) is 4.79 Å². The molecule has 1 unspecified atom stereocenters. The number of aromatic carboxylic acids is 1. The average molecular weight is 338 g/mol. The summed E-state index contributed by atoms with van der Waals surface area (Å²) in [5.74, 6) is -0.692. The SMILES string of the molecule is Cc1nc(C(=O)N2CCCC(Cc3ccccc3)C2)ccc1C(=O)O. The first-order valence-corrected chi connectivity index (χ1v) is 8.58. The molecular weight excluding hydrogens is 316 g/mol. The first-order chi connectivity index (χ1) is 12.0. The lowest BCUT2D eigenvalue weighted by Gasteiger charge is -2.32. The molecule has 1 atom stereocenters. The van der Waals surface area contributed by atoms with Crippen molar-refractivity contribution < 1.29 is 14.7 Å². The van der Waals surface area contributed by atoms with Crippen LogP contribution in [0.1, 0.15) is 44.9 Å². The van der Waals surface area contributed by atoms with Gasteiger partial charge in [-0.15, -0.1) is 0 Å². The topological polar surface area (TPSA) is 70.5 Å². The van der Waals surface area contributed by atoms with Crippen molar-refractivity contribution in [1.82, 2.24) is 9.88 Å². The smallest absolute Gasteiger partial charge is 0.337 e. The number of piperidine rings is 1. The lowest BCUT2D eigenvalue weighted by atomic mass is 9.91. The van der Waals surface area contributed by atoms with Crippen LogP contribution < -0.4 is 0 Å². The third-order valence-electron chi connectivity index (χ3n) is 4.71. The fourth-order valence-corrected chi connectivity index (χ4v) is 3.43. The highest BCUT2D eigenvalue weighted by Crippen LogP contribution is 2.22. The number of carbonyl (C=O) groups excluding carboxylic acids is 1. The summed E-state index contributed by atoms with van der Waals surface area (Å²) in [5.41, 5.74) is 2.12. The summed E-state index contributed by atoms with van der Waals surface area (Å²) in [6.07, 6.45) is 3.06. The zero-order valence-corrected chi connectivity index (χ0v) is 14.3. The maximum atomic E-state index is 12.7. The fourth-order valence-electron chi connectivity index (χ4n) is 3.43. The van der Waals surface area contributed by atoms with E-state index >= 15 is 0 Å². The molecule has 1 N–H and O–H groups in total. The number of hydrogen-bond donors (Lipinski definition) is 1. The Hall–Kier alpha value is -2.69. The Bertz CT molecular complexity index is 774. The molecule has 3 rings (SSSR count). The number of carbonyl (C=O) groups is 2. The Labute approximate surface area is 147 Å². The van der Waals surface area contributed by atoms with Gasteiger partial charge in [-0.25, -0.2) is 9.78 Å². The molecule has 2 aromatic rings. The zero-order valence-electron chi connectivity index (χ0n) is 14.3. The van der Waals surface area contributed by atoms with Crippen molar-refractivity contribution in [3.8, 4) is 0 Å². The summed E-state index contributed by atoms with van der Waals surface area (Å²) < 4.78 is 0. The Morgan fingerprint density at radius 1 is 1.20 bits per heavy atom. The molecule has 0 radical (unpaired) electrons. The number of amides is 1. The van der Waals surface area contributed by atoms with E-state index in [2.05, 4.69) is 17.1 Å². The molecular formula is C20H22N2O3. The van der Waals surface area contributed by atoms with Crippen molar-refractivity contribution in [2.45, 2.75) is 26.2 Å². The maximum absolute atomic E-state index is 12.7. The van der Waals surface area contributed by atoms with Crippen molar-refractivity contribution in [1.29, 1.82) is 0 Å². The van der Waals surface area contributed by atoms with Crippen LogP contribution in [0.4, 0.5) is 0 Å². The van der Waals surface area contributed by atoms with E-state index in [4.69, 9.17) is 5.11 Å². The number of aromatic nitrogens is 1. The number of nitrogens with zero attached hydrogens (tertiary/aromatic N) is 2. The van der Waals surface area contributed by atoms with Crippen LogP contribution >= 0.6 is 0 Å². The van der Waals surface area contributed by atoms with Gasteiger partial charge in [0.1, 0.15) is 5.69 Å². The summed E-state index contributed by atoms with van der Waals surface area (Å²) in [7, 11) is 0. The highest BCUT2D eigenvalue weighted by atomic mass is 16.4. The molecule has 0 bridgehead atoms. The number of hydrogen-bond acceptors (Lipinski definition) is 3. The van der Waals surface area contributed by atoms with E-state index < -0.39 is 5.97 Å². The number of benzene rings is 1. The molecule has 130 valence electrons. The molecule has 1 aliphatic rings. The fraction of sp³-hybridized carbons (Fsp3) is 0.350. The molecule has 5 heteroatoms. The largest absolute Gasteiger partial charge is 0.478 e. The van der Waals surface area contributed by atoms with Crippen molar-refractivity contribution in [2.24, 2.45) is 5.92 Å². The van der Waals surface area contributed by atoms with E-state index in [9.17, 15) is 9.59 Å². The van der Waals surface area contributed by atoms with Gasteiger partial charge in [0.15, 0.2) is 0 Å². The summed E-state index contributed by atoms with van der Waals surface area (Å²) >= 11 is 0. The van der Waals surface area contributed by atoms with Crippen LogP contribution in [0.3, 0.4) is 0 Å². The van der Waals surface area contributed by atoms with Crippen LogP contribution in [0.5, 0.6) is 0 Å². The minimum Gasteiger partial charge on any atom is -0.478 e. The molecule has 1 amide bonds. The van der Waals surface area contributed by atoms with Crippen LogP contribution in [0.2, 0.25) is 0 Å². The second kappa shape index (κ2) is 7.47. The van der Waals surface area contributed by atoms with E-state index in [1.807, 2.05) is 23.1 Å². The van der Waals surface area contributed by atoms with E-state index in [1.54, 1.807) is 6.92 Å². The summed E-state index contributed by atoms with van der Waals surface area (Å²) in [4.78, 5) is 29.9. The quantitative estimate of drug-likeness (QED) is 0.929. The Kier molecular flexibility index (Phi) is 5.12. The van der Waals surface area contributed by atoms with Crippen LogP contribution in [-0.4, -0.2) is 40.0 Å². The molecule has 1 aromatic heterocycles. The number of pyridine rings is 1. The summed E-state index contributed by atoms with van der Waals surface area (Å²) in [5, 5.41) is 9.08. The van der Waals surface area contributed by atoms with Gasteiger partial charge in [0.05, 0.1) is 11.3 Å². The highest BCUT2D eigenvalue weighted by Gasteiger charge is 2.26. The van der Waals surface area contributed by atoms with E-state index in [0.717, 1.165) is 32.4 Å². The molecule has 25 heavy (non-hydrogen) atoms. The Morgan fingerprint density at radius 3 is 2.64 bits per heavy atom. The van der Waals surface area contributed by atoms with Gasteiger partial charge in [-0.2, -0.15) is 0 Å². The van der Waals surface area contributed by atoms with Crippen molar-refractivity contribution >= 4 is 11.9 Å². The maximum Gasteiger partial charge on any atom is 0.337 e. The predicted octanol–water partition coefficient (Wildman–Crippen LogP) is 3.18. The number of carboxylic acid groups (broad SMARTS) is 1. The standard InChI is InChI=1S/C20H22N2O3/c1-14-17(20(24)25)9-10-18(21-14)19(23)22-11-5-8-16(13-22)12-15-6-3-2-4-7-15/h2-4,6-7,9-10,16H,5,8,11-13H2,1H3,(H,24,25). The zero-order chi connectivity index (χ0) is 17.8. The van der Waals surface area contributed by atoms with Gasteiger partial charge in [-0.05, 0) is 49.8 Å². The first kappa shape index (κ1) is 17.1. The molecule has 0 saturated carbocycles. The monoisotopic (exact) mass is 338 g/mol. The average Bonchev–Trinajstić information content (AvgIpc) is 2.62. The van der Waals surface area contributed by atoms with Crippen LogP contribution in [0.15, 0.2) is 42.5 Å². The Balaban J connectivity index is 1.69. The van der Waals surface area contributed by atoms with Gasteiger partial charge >= 0.3 is 5.97 Å². The minimum atomic E-state index is -1.02. The molecule has 1 aromatic carbocycles. The van der Waals surface area contributed by atoms with Gasteiger partial charge in [0.2, 0.25) is 0 Å². The lowest BCUT2D eigenvalue weighted by Crippen LogP contribution is -2.41. The molecule has 2 heterocycles. The predicted molar refractivity (Wildman–Crippen MR) is 94.7 cm³/mol. The molecule has 1 aliphatic heterocycles. The number of likely N-dealkylation sites (tertiary alicyclic amines) is 1. The van der Waals surface area contributed by atoms with Crippen LogP contribution in [0, 0.1) is 12.8 Å². The number of rotatable bonds is 4. The second-order valence-electron chi connectivity index (χ2n) is 6.58. The molecule has 0 spiro atoms. The highest BCUT2D eigenvalue weighted by molar-refractivity contribution is 5.94. The van der Waals surface area contributed by atoms with Crippen molar-refractivity contribution in [3.63, 3.8) is 0 Å². The van der Waals surface area contributed by atoms with Crippen molar-refractivity contribution in [2.75, 3.05) is 13.1 Å². The van der Waals surface area contributed by atoms with E-state index in [0.29, 0.717) is 17.3 Å². The number of carboxylic acids is 1. The van der Waals surface area contributed by atoms with E-state index in [-0.39, 0.29) is 11.5 Å². The minimum absolute atomic E-state index is 0.113. The van der Waals surface area contributed by atoms with Gasteiger partial charge in [0, 0.05) is 13.1 Å². The van der Waals surface area contributed by atoms with Crippen molar-refractivity contribution in [3.05, 3.63) is 65.0 Å². The van der Waals surface area contributed by atoms with Gasteiger partial charge in [0.25, 0.3) is 5.91 Å². The Morgan fingerprint density at radius 2 is 1.96 bits per heavy atom. The van der Waals surface area contributed by atoms with E-state index in [1.165, 1.54) is 17.7 Å². The molecule has 5 nitrogen and oxygen atoms in total. The lowest BCUT2D eigenvalue weighted by molar-refractivity contribution is 0.0660. The molecule has 1 saturated heterocycles. The third kappa shape index (κ3) is 4.05. The molecule has 0 aliphatic carbocycles. The third-order valence-corrected chi connectivity index (χ3v) is 4.71. The van der Waals surface area contributed by atoms with Crippen LogP contribution in [-0.2, 0) is 6.42 Å². The summed E-state index contributed by atoms with van der Waals surface area (Å²) in [6.45, 7) is 3.06. The van der Waals surface area contributed by atoms with Gasteiger partial charge in [-0.1, -0.05) is 30.3 Å². The molecule has 1 fully saturated rings. The second-order valence-corrected chi connectivity index (χ2v) is 6.58. The first-order valence-electron chi connectivity index (χ1n) is 8.58.